The Hall–Kier alpha value is -1.19. The second-order valence-corrected chi connectivity index (χ2v) is 3.29. The van der Waals surface area contributed by atoms with E-state index in [1.165, 1.54) is 0 Å². The number of hydrogen-bond acceptors (Lipinski definition) is 3. The summed E-state index contributed by atoms with van der Waals surface area (Å²) in [5.41, 5.74) is 1.85. The summed E-state index contributed by atoms with van der Waals surface area (Å²) in [4.78, 5) is 11.7. The molecule has 1 aliphatic rings. The van der Waals surface area contributed by atoms with Crippen molar-refractivity contribution in [2.45, 2.75) is 12.5 Å². The number of Topliss-reactive ketones (excluding diaryl/α,β-unsaturated/α-hetero) is 1. The van der Waals surface area contributed by atoms with Gasteiger partial charge < -0.3 is 9.47 Å². The quantitative estimate of drug-likeness (QED) is 0.679. The molecule has 0 spiro atoms. The number of fused-ring (bicyclic) bond motifs is 1. The Morgan fingerprint density at radius 1 is 1.43 bits per heavy atom. The lowest BCUT2D eigenvalue weighted by Crippen LogP contribution is -2.21. The fourth-order valence-corrected chi connectivity index (χ4v) is 1.69. The van der Waals surface area contributed by atoms with Gasteiger partial charge in [-0.15, -0.1) is 0 Å². The van der Waals surface area contributed by atoms with Crippen LogP contribution in [0.3, 0.4) is 0 Å². The SMILES string of the molecule is COCOC1Cc2ccccc2C1=O. The molecule has 1 aromatic rings. The summed E-state index contributed by atoms with van der Waals surface area (Å²) in [7, 11) is 1.55. The van der Waals surface area contributed by atoms with Crippen LogP contribution in [0.4, 0.5) is 0 Å². The van der Waals surface area contributed by atoms with Crippen LogP contribution in [0.5, 0.6) is 0 Å². The van der Waals surface area contributed by atoms with Gasteiger partial charge in [-0.3, -0.25) is 4.79 Å². The Morgan fingerprint density at radius 3 is 2.93 bits per heavy atom. The Morgan fingerprint density at radius 2 is 2.21 bits per heavy atom. The Labute approximate surface area is 82.6 Å². The molecule has 0 amide bonds. The van der Waals surface area contributed by atoms with Gasteiger partial charge in [0.15, 0.2) is 5.78 Å². The van der Waals surface area contributed by atoms with Gasteiger partial charge in [0.2, 0.25) is 0 Å². The van der Waals surface area contributed by atoms with Crippen molar-refractivity contribution in [1.29, 1.82) is 0 Å². The molecule has 0 saturated heterocycles. The molecule has 0 saturated carbocycles. The molecule has 0 bridgehead atoms. The van der Waals surface area contributed by atoms with Gasteiger partial charge in [0.05, 0.1) is 0 Å². The first kappa shape index (κ1) is 9.37. The van der Waals surface area contributed by atoms with Crippen LogP contribution in [0.1, 0.15) is 15.9 Å². The molecule has 1 aromatic carbocycles. The van der Waals surface area contributed by atoms with Gasteiger partial charge >= 0.3 is 0 Å². The van der Waals surface area contributed by atoms with E-state index in [1.54, 1.807) is 7.11 Å². The van der Waals surface area contributed by atoms with E-state index in [-0.39, 0.29) is 18.7 Å². The van der Waals surface area contributed by atoms with Crippen molar-refractivity contribution < 1.29 is 14.3 Å². The van der Waals surface area contributed by atoms with Crippen LogP contribution in [0.25, 0.3) is 0 Å². The predicted octanol–water partition coefficient (Wildman–Crippen LogP) is 1.41. The summed E-state index contributed by atoms with van der Waals surface area (Å²) in [5.74, 6) is 0.0673. The van der Waals surface area contributed by atoms with Crippen LogP contribution < -0.4 is 0 Å². The molecule has 1 unspecified atom stereocenters. The molecule has 0 aliphatic heterocycles. The Balaban J connectivity index is 2.13. The zero-order valence-electron chi connectivity index (χ0n) is 8.03. The van der Waals surface area contributed by atoms with Crippen molar-refractivity contribution in [2.75, 3.05) is 13.9 Å². The molecule has 14 heavy (non-hydrogen) atoms. The maximum atomic E-state index is 11.7. The van der Waals surface area contributed by atoms with Gasteiger partial charge in [0, 0.05) is 19.1 Å². The predicted molar refractivity (Wildman–Crippen MR) is 51.2 cm³/mol. The molecule has 3 nitrogen and oxygen atoms in total. The molecule has 1 atom stereocenters. The maximum absolute atomic E-state index is 11.7. The van der Waals surface area contributed by atoms with Crippen molar-refractivity contribution in [3.63, 3.8) is 0 Å². The highest BCUT2D eigenvalue weighted by Crippen LogP contribution is 2.23. The highest BCUT2D eigenvalue weighted by atomic mass is 16.7. The summed E-state index contributed by atoms with van der Waals surface area (Å²) < 4.78 is 10.1. The summed E-state index contributed by atoms with van der Waals surface area (Å²) in [6.07, 6.45) is 0.311. The molecule has 0 heterocycles. The third-order valence-electron chi connectivity index (χ3n) is 2.37. The van der Waals surface area contributed by atoms with Crippen molar-refractivity contribution >= 4 is 5.78 Å². The van der Waals surface area contributed by atoms with Crippen LogP contribution in [0, 0.1) is 0 Å². The van der Waals surface area contributed by atoms with Crippen LogP contribution in [0.15, 0.2) is 24.3 Å². The lowest BCUT2D eigenvalue weighted by Gasteiger charge is -2.07. The standard InChI is InChI=1S/C11H12O3/c1-13-7-14-10-6-8-4-2-3-5-9(8)11(10)12/h2-5,10H,6-7H2,1H3. The fourth-order valence-electron chi connectivity index (χ4n) is 1.69. The van der Waals surface area contributed by atoms with Crippen molar-refractivity contribution in [3.8, 4) is 0 Å². The van der Waals surface area contributed by atoms with E-state index in [1.807, 2.05) is 24.3 Å². The minimum absolute atomic E-state index is 0.0673. The first-order chi connectivity index (χ1) is 6.83. The van der Waals surface area contributed by atoms with Crippen LogP contribution in [-0.4, -0.2) is 25.8 Å². The van der Waals surface area contributed by atoms with E-state index in [4.69, 9.17) is 9.47 Å². The van der Waals surface area contributed by atoms with Crippen molar-refractivity contribution in [2.24, 2.45) is 0 Å². The molecule has 3 heteroatoms. The Kier molecular flexibility index (Phi) is 2.61. The van der Waals surface area contributed by atoms with Crippen LogP contribution in [0.2, 0.25) is 0 Å². The highest BCUT2D eigenvalue weighted by molar-refractivity contribution is 6.03. The molecule has 2 rings (SSSR count). The smallest absolute Gasteiger partial charge is 0.192 e. The van der Waals surface area contributed by atoms with Gasteiger partial charge in [0.25, 0.3) is 0 Å². The first-order valence-electron chi connectivity index (χ1n) is 4.55. The van der Waals surface area contributed by atoms with E-state index in [2.05, 4.69) is 0 Å². The number of ether oxygens (including phenoxy) is 2. The number of carbonyl (C=O) groups excluding carboxylic acids is 1. The normalized spacial score (nSPS) is 19.8. The average molecular weight is 192 g/mol. The molecule has 0 N–H and O–H groups in total. The molecular formula is C11H12O3. The van der Waals surface area contributed by atoms with Crippen molar-refractivity contribution in [1.82, 2.24) is 0 Å². The monoisotopic (exact) mass is 192 g/mol. The zero-order chi connectivity index (χ0) is 9.97. The highest BCUT2D eigenvalue weighted by Gasteiger charge is 2.30. The number of hydrogen-bond donors (Lipinski definition) is 0. The van der Waals surface area contributed by atoms with E-state index in [0.29, 0.717) is 6.42 Å². The van der Waals surface area contributed by atoms with Crippen LogP contribution in [-0.2, 0) is 15.9 Å². The van der Waals surface area contributed by atoms with E-state index < -0.39 is 0 Å². The number of ketones is 1. The lowest BCUT2D eigenvalue weighted by molar-refractivity contribution is -0.0573. The maximum Gasteiger partial charge on any atom is 0.192 e. The van der Waals surface area contributed by atoms with Gasteiger partial charge in [-0.25, -0.2) is 0 Å². The fraction of sp³-hybridized carbons (Fsp3) is 0.364. The number of methoxy groups -OCH3 is 1. The Bertz CT molecular complexity index is 346. The third kappa shape index (κ3) is 1.56. The topological polar surface area (TPSA) is 35.5 Å². The number of benzene rings is 1. The summed E-state index contributed by atoms with van der Waals surface area (Å²) in [5, 5.41) is 0. The second-order valence-electron chi connectivity index (χ2n) is 3.29. The second kappa shape index (κ2) is 3.90. The summed E-state index contributed by atoms with van der Waals surface area (Å²) >= 11 is 0. The van der Waals surface area contributed by atoms with E-state index >= 15 is 0 Å². The summed E-state index contributed by atoms with van der Waals surface area (Å²) in [6.45, 7) is 0.171. The number of rotatable bonds is 3. The van der Waals surface area contributed by atoms with E-state index in [0.717, 1.165) is 11.1 Å². The van der Waals surface area contributed by atoms with Crippen LogP contribution >= 0.6 is 0 Å². The first-order valence-corrected chi connectivity index (χ1v) is 4.55. The molecule has 0 aromatic heterocycles. The summed E-state index contributed by atoms with van der Waals surface area (Å²) in [6, 6.07) is 7.61. The minimum atomic E-state index is -0.354. The van der Waals surface area contributed by atoms with Crippen molar-refractivity contribution in [3.05, 3.63) is 35.4 Å². The molecule has 0 fully saturated rings. The third-order valence-corrected chi connectivity index (χ3v) is 2.37. The van der Waals surface area contributed by atoms with Gasteiger partial charge in [-0.05, 0) is 5.56 Å². The molecule has 0 radical (unpaired) electrons. The lowest BCUT2D eigenvalue weighted by atomic mass is 10.1. The number of carbonyl (C=O) groups is 1. The van der Waals surface area contributed by atoms with Gasteiger partial charge in [-0.2, -0.15) is 0 Å². The van der Waals surface area contributed by atoms with Gasteiger partial charge in [-0.1, -0.05) is 24.3 Å². The molecular weight excluding hydrogens is 180 g/mol. The van der Waals surface area contributed by atoms with Gasteiger partial charge in [0.1, 0.15) is 12.9 Å². The van der Waals surface area contributed by atoms with E-state index in [9.17, 15) is 4.79 Å². The largest absolute Gasteiger partial charge is 0.359 e. The molecule has 1 aliphatic carbocycles. The molecule has 74 valence electrons. The zero-order valence-corrected chi connectivity index (χ0v) is 8.03. The average Bonchev–Trinajstić information content (AvgIpc) is 2.54. The minimum Gasteiger partial charge on any atom is -0.359 e.